The van der Waals surface area contributed by atoms with Crippen LogP contribution in [0.5, 0.6) is 0 Å². The lowest BCUT2D eigenvalue weighted by Gasteiger charge is -2.01. The van der Waals surface area contributed by atoms with E-state index in [1.807, 2.05) is 11.6 Å². The molecule has 0 unspecified atom stereocenters. The standard InChI is InChI=1S/C7H11N3/c1-6(3-8)7-4-9-5-10(7)2/h4-5H,1,3,8H2,2H3. The topological polar surface area (TPSA) is 43.8 Å². The minimum atomic E-state index is 0.486. The minimum Gasteiger partial charge on any atom is -0.334 e. The number of aromatic nitrogens is 2. The zero-order chi connectivity index (χ0) is 7.56. The first-order chi connectivity index (χ1) is 4.75. The zero-order valence-corrected chi connectivity index (χ0v) is 6.04. The molecule has 0 spiro atoms. The first-order valence-corrected chi connectivity index (χ1v) is 3.10. The monoisotopic (exact) mass is 137 g/mol. The molecule has 0 saturated heterocycles. The van der Waals surface area contributed by atoms with E-state index >= 15 is 0 Å². The summed E-state index contributed by atoms with van der Waals surface area (Å²) in [6.45, 7) is 4.28. The highest BCUT2D eigenvalue weighted by Gasteiger charge is 1.99. The van der Waals surface area contributed by atoms with E-state index in [1.54, 1.807) is 12.5 Å². The highest BCUT2D eigenvalue weighted by molar-refractivity contribution is 5.60. The van der Waals surface area contributed by atoms with Gasteiger partial charge in [-0.05, 0) is 5.57 Å². The third kappa shape index (κ3) is 1.09. The Kier molecular flexibility index (Phi) is 1.87. The van der Waals surface area contributed by atoms with Gasteiger partial charge < -0.3 is 10.3 Å². The van der Waals surface area contributed by atoms with Crippen LogP contribution in [-0.2, 0) is 7.05 Å². The Morgan fingerprint density at radius 1 is 1.90 bits per heavy atom. The second-order valence-corrected chi connectivity index (χ2v) is 2.20. The van der Waals surface area contributed by atoms with Gasteiger partial charge in [0.05, 0.1) is 18.2 Å². The molecule has 1 aromatic rings. The fourth-order valence-electron chi connectivity index (χ4n) is 0.802. The lowest BCUT2D eigenvalue weighted by atomic mass is 10.2. The maximum absolute atomic E-state index is 5.39. The molecule has 0 aliphatic rings. The van der Waals surface area contributed by atoms with Crippen molar-refractivity contribution in [3.63, 3.8) is 0 Å². The Balaban J connectivity index is 2.93. The molecule has 1 heterocycles. The second-order valence-electron chi connectivity index (χ2n) is 2.20. The smallest absolute Gasteiger partial charge is 0.0948 e. The van der Waals surface area contributed by atoms with Crippen molar-refractivity contribution in [3.05, 3.63) is 24.8 Å². The largest absolute Gasteiger partial charge is 0.334 e. The number of hydrogen-bond donors (Lipinski definition) is 1. The molecule has 1 aromatic heterocycles. The van der Waals surface area contributed by atoms with Crippen LogP contribution in [0.2, 0.25) is 0 Å². The molecule has 0 amide bonds. The number of hydrogen-bond acceptors (Lipinski definition) is 2. The Hall–Kier alpha value is -1.09. The first-order valence-electron chi connectivity index (χ1n) is 3.10. The van der Waals surface area contributed by atoms with Crippen LogP contribution in [0.3, 0.4) is 0 Å². The summed E-state index contributed by atoms with van der Waals surface area (Å²) in [7, 11) is 1.92. The van der Waals surface area contributed by atoms with Gasteiger partial charge in [-0.2, -0.15) is 0 Å². The average molecular weight is 137 g/mol. The van der Waals surface area contributed by atoms with Gasteiger partial charge in [0.1, 0.15) is 0 Å². The van der Waals surface area contributed by atoms with Crippen molar-refractivity contribution in [2.45, 2.75) is 0 Å². The van der Waals surface area contributed by atoms with Crippen LogP contribution in [0, 0.1) is 0 Å². The number of imidazole rings is 1. The third-order valence-electron chi connectivity index (χ3n) is 1.43. The summed E-state index contributed by atoms with van der Waals surface area (Å²) in [4.78, 5) is 3.94. The molecule has 54 valence electrons. The fourth-order valence-corrected chi connectivity index (χ4v) is 0.802. The predicted octanol–water partition coefficient (Wildman–Crippen LogP) is 0.392. The maximum Gasteiger partial charge on any atom is 0.0948 e. The van der Waals surface area contributed by atoms with Gasteiger partial charge in [0.2, 0.25) is 0 Å². The quantitative estimate of drug-likeness (QED) is 0.641. The van der Waals surface area contributed by atoms with Gasteiger partial charge in [0.25, 0.3) is 0 Å². The summed E-state index contributed by atoms with van der Waals surface area (Å²) in [6.07, 6.45) is 3.49. The molecule has 3 heteroatoms. The van der Waals surface area contributed by atoms with Gasteiger partial charge in [-0.15, -0.1) is 0 Å². The summed E-state index contributed by atoms with van der Waals surface area (Å²) in [6, 6.07) is 0. The maximum atomic E-state index is 5.39. The van der Waals surface area contributed by atoms with E-state index < -0.39 is 0 Å². The highest BCUT2D eigenvalue weighted by atomic mass is 15.0. The van der Waals surface area contributed by atoms with Gasteiger partial charge in [-0.3, -0.25) is 0 Å². The van der Waals surface area contributed by atoms with E-state index in [0.29, 0.717) is 6.54 Å². The molecule has 2 N–H and O–H groups in total. The van der Waals surface area contributed by atoms with Crippen molar-refractivity contribution in [2.24, 2.45) is 12.8 Å². The van der Waals surface area contributed by atoms with E-state index in [9.17, 15) is 0 Å². The van der Waals surface area contributed by atoms with Crippen LogP contribution in [0.4, 0.5) is 0 Å². The number of nitrogens with two attached hydrogens (primary N) is 1. The molecule has 0 radical (unpaired) electrons. The number of rotatable bonds is 2. The molecule has 0 bridgehead atoms. The van der Waals surface area contributed by atoms with Crippen molar-refractivity contribution in [2.75, 3.05) is 6.54 Å². The highest BCUT2D eigenvalue weighted by Crippen LogP contribution is 2.07. The van der Waals surface area contributed by atoms with Crippen LogP contribution in [-0.4, -0.2) is 16.1 Å². The van der Waals surface area contributed by atoms with Crippen molar-refractivity contribution in [1.82, 2.24) is 9.55 Å². The summed E-state index contributed by atoms with van der Waals surface area (Å²) in [5, 5.41) is 0. The van der Waals surface area contributed by atoms with Gasteiger partial charge in [-0.1, -0.05) is 6.58 Å². The first kappa shape index (κ1) is 7.02. The fraction of sp³-hybridized carbons (Fsp3) is 0.286. The molecule has 0 aromatic carbocycles. The van der Waals surface area contributed by atoms with Crippen LogP contribution in [0.25, 0.3) is 5.57 Å². The van der Waals surface area contributed by atoms with E-state index in [-0.39, 0.29) is 0 Å². The van der Waals surface area contributed by atoms with Crippen molar-refractivity contribution in [3.8, 4) is 0 Å². The van der Waals surface area contributed by atoms with Gasteiger partial charge in [0.15, 0.2) is 0 Å². The lowest BCUT2D eigenvalue weighted by molar-refractivity contribution is 0.893. The Labute approximate surface area is 60.2 Å². The third-order valence-corrected chi connectivity index (χ3v) is 1.43. The summed E-state index contributed by atoms with van der Waals surface area (Å²) >= 11 is 0. The molecule has 0 aliphatic heterocycles. The molecule has 0 aliphatic carbocycles. The molecule has 0 fully saturated rings. The molecule has 0 saturated carbocycles. The molecule has 3 nitrogen and oxygen atoms in total. The van der Waals surface area contributed by atoms with E-state index in [2.05, 4.69) is 11.6 Å². The second kappa shape index (κ2) is 2.66. The molecular formula is C7H11N3. The van der Waals surface area contributed by atoms with Crippen LogP contribution in [0.1, 0.15) is 5.69 Å². The van der Waals surface area contributed by atoms with E-state index in [0.717, 1.165) is 11.3 Å². The summed E-state index contributed by atoms with van der Waals surface area (Å²) < 4.78 is 1.90. The number of nitrogens with zero attached hydrogens (tertiary/aromatic N) is 2. The van der Waals surface area contributed by atoms with E-state index in [4.69, 9.17) is 5.73 Å². The van der Waals surface area contributed by atoms with Crippen LogP contribution >= 0.6 is 0 Å². The van der Waals surface area contributed by atoms with Crippen LogP contribution < -0.4 is 5.73 Å². The summed E-state index contributed by atoms with van der Waals surface area (Å²) in [5.74, 6) is 0. The lowest BCUT2D eigenvalue weighted by Crippen LogP contribution is -2.04. The van der Waals surface area contributed by atoms with Gasteiger partial charge in [0, 0.05) is 13.6 Å². The Morgan fingerprint density at radius 3 is 3.00 bits per heavy atom. The Morgan fingerprint density at radius 2 is 2.60 bits per heavy atom. The Bertz CT molecular complexity index is 237. The average Bonchev–Trinajstić information content (AvgIpc) is 2.34. The minimum absolute atomic E-state index is 0.486. The predicted molar refractivity (Wildman–Crippen MR) is 41.3 cm³/mol. The van der Waals surface area contributed by atoms with Crippen molar-refractivity contribution >= 4 is 5.57 Å². The molecule has 10 heavy (non-hydrogen) atoms. The van der Waals surface area contributed by atoms with Crippen molar-refractivity contribution < 1.29 is 0 Å². The van der Waals surface area contributed by atoms with Crippen LogP contribution in [0.15, 0.2) is 19.1 Å². The molecule has 1 rings (SSSR count). The van der Waals surface area contributed by atoms with Gasteiger partial charge >= 0.3 is 0 Å². The van der Waals surface area contributed by atoms with E-state index in [1.165, 1.54) is 0 Å². The SMILES string of the molecule is C=C(CN)c1cncn1C. The van der Waals surface area contributed by atoms with Gasteiger partial charge in [-0.25, -0.2) is 4.98 Å². The van der Waals surface area contributed by atoms with Crippen molar-refractivity contribution in [1.29, 1.82) is 0 Å². The normalized spacial score (nSPS) is 9.80. The summed E-state index contributed by atoms with van der Waals surface area (Å²) in [5.41, 5.74) is 7.31. The number of aryl methyl sites for hydroxylation is 1. The molecule has 0 atom stereocenters. The zero-order valence-electron chi connectivity index (χ0n) is 6.04. The molecular weight excluding hydrogens is 126 g/mol.